The van der Waals surface area contributed by atoms with Crippen molar-refractivity contribution in [1.29, 1.82) is 0 Å². The van der Waals surface area contributed by atoms with E-state index in [0.717, 1.165) is 10.9 Å². The zero-order chi connectivity index (χ0) is 28.9. The zero-order valence-electron chi connectivity index (χ0n) is 21.9. The number of thioether (sulfide) groups is 2. The fourth-order valence-corrected chi connectivity index (χ4v) is 4.79. The van der Waals surface area contributed by atoms with E-state index in [2.05, 4.69) is 20.9 Å². The molecule has 0 saturated heterocycles. The lowest BCUT2D eigenvalue weighted by atomic mass is 10.0. The number of aromatic nitrogens is 1. The van der Waals surface area contributed by atoms with E-state index in [1.807, 2.05) is 36.8 Å². The SMILES string of the molecule is CSCCC(N)C(=O)NC(CC(N)=O)C(=O)NC(Cc1c[nH]c2ccccc12)C(=O)NC(CCSC)C(=O)O. The number of carbonyl (C=O) groups is 5. The van der Waals surface area contributed by atoms with Crippen molar-refractivity contribution in [1.82, 2.24) is 20.9 Å². The Morgan fingerprint density at radius 1 is 0.897 bits per heavy atom. The van der Waals surface area contributed by atoms with Crippen molar-refractivity contribution in [3.63, 3.8) is 0 Å². The Labute approximate surface area is 235 Å². The molecule has 1 heterocycles. The van der Waals surface area contributed by atoms with Crippen LogP contribution in [0.2, 0.25) is 0 Å². The van der Waals surface area contributed by atoms with Gasteiger partial charge in [-0.3, -0.25) is 19.2 Å². The molecule has 2 aromatic rings. The highest BCUT2D eigenvalue weighted by molar-refractivity contribution is 7.98. The molecule has 4 amide bonds. The van der Waals surface area contributed by atoms with E-state index < -0.39 is 60.2 Å². The number of carboxylic acids is 1. The predicted molar refractivity (Wildman–Crippen MR) is 153 cm³/mol. The van der Waals surface area contributed by atoms with Crippen molar-refractivity contribution in [2.24, 2.45) is 11.5 Å². The first-order valence-corrected chi connectivity index (χ1v) is 15.1. The standard InChI is InChI=1S/C25H36N6O6S2/c1-38-9-7-16(26)22(33)30-20(12-21(27)32)24(35)31-19(23(34)29-18(25(36)37)8-10-39-2)11-14-13-28-17-6-4-3-5-15(14)17/h3-6,13,16,18-20,28H,7-12,26H2,1-2H3,(H2,27,32)(H,29,34)(H,30,33)(H,31,35)(H,36,37). The summed E-state index contributed by atoms with van der Waals surface area (Å²) in [6.07, 6.45) is 5.43. The smallest absolute Gasteiger partial charge is 0.326 e. The van der Waals surface area contributed by atoms with E-state index in [-0.39, 0.29) is 12.8 Å². The number of amides is 4. The number of para-hydroxylation sites is 1. The molecule has 9 N–H and O–H groups in total. The van der Waals surface area contributed by atoms with Crippen molar-refractivity contribution >= 4 is 64.0 Å². The third-order valence-electron chi connectivity index (χ3n) is 5.97. The number of fused-ring (bicyclic) bond motifs is 1. The molecular formula is C25H36N6O6S2. The monoisotopic (exact) mass is 580 g/mol. The Hall–Kier alpha value is -3.23. The first-order valence-electron chi connectivity index (χ1n) is 12.3. The Bertz CT molecular complexity index is 1160. The lowest BCUT2D eigenvalue weighted by Crippen LogP contribution is -2.58. The predicted octanol–water partition coefficient (Wildman–Crippen LogP) is -0.0417. The van der Waals surface area contributed by atoms with Crippen LogP contribution in [0.3, 0.4) is 0 Å². The Kier molecular flexibility index (Phi) is 13.1. The number of aromatic amines is 1. The van der Waals surface area contributed by atoms with E-state index >= 15 is 0 Å². The zero-order valence-corrected chi connectivity index (χ0v) is 23.5. The number of aliphatic carboxylic acids is 1. The highest BCUT2D eigenvalue weighted by atomic mass is 32.2. The van der Waals surface area contributed by atoms with Gasteiger partial charge in [-0.25, -0.2) is 4.79 Å². The summed E-state index contributed by atoms with van der Waals surface area (Å²) in [4.78, 5) is 65.7. The summed E-state index contributed by atoms with van der Waals surface area (Å²) < 4.78 is 0. The van der Waals surface area contributed by atoms with Gasteiger partial charge in [0.05, 0.1) is 12.5 Å². The Balaban J connectivity index is 2.30. The molecule has 1 aromatic carbocycles. The van der Waals surface area contributed by atoms with Gasteiger partial charge >= 0.3 is 5.97 Å². The van der Waals surface area contributed by atoms with Crippen molar-refractivity contribution < 1.29 is 29.1 Å². The summed E-state index contributed by atoms with van der Waals surface area (Å²) in [5.41, 5.74) is 12.7. The van der Waals surface area contributed by atoms with Crippen molar-refractivity contribution in [2.75, 3.05) is 24.0 Å². The van der Waals surface area contributed by atoms with Crippen LogP contribution in [0.25, 0.3) is 10.9 Å². The number of carbonyl (C=O) groups excluding carboxylic acids is 4. The second-order valence-electron chi connectivity index (χ2n) is 8.93. The van der Waals surface area contributed by atoms with Gasteiger partial charge < -0.3 is 37.5 Å². The van der Waals surface area contributed by atoms with Gasteiger partial charge in [-0.1, -0.05) is 18.2 Å². The van der Waals surface area contributed by atoms with Crippen molar-refractivity contribution in [3.05, 3.63) is 36.0 Å². The fourth-order valence-electron chi connectivity index (χ4n) is 3.83. The second kappa shape index (κ2) is 16.0. The lowest BCUT2D eigenvalue weighted by Gasteiger charge is -2.25. The van der Waals surface area contributed by atoms with Crippen LogP contribution < -0.4 is 27.4 Å². The number of nitrogens with one attached hydrogen (secondary N) is 4. The molecule has 14 heteroatoms. The van der Waals surface area contributed by atoms with Crippen LogP contribution >= 0.6 is 23.5 Å². The number of benzene rings is 1. The fraction of sp³-hybridized carbons (Fsp3) is 0.480. The molecule has 0 fully saturated rings. The molecule has 4 atom stereocenters. The molecule has 0 aliphatic heterocycles. The molecule has 0 bridgehead atoms. The number of nitrogens with two attached hydrogens (primary N) is 2. The minimum atomic E-state index is -1.37. The highest BCUT2D eigenvalue weighted by Gasteiger charge is 2.31. The van der Waals surface area contributed by atoms with Crippen LogP contribution in [0.4, 0.5) is 0 Å². The number of primary amides is 1. The topological polar surface area (TPSA) is 209 Å². The second-order valence-corrected chi connectivity index (χ2v) is 10.9. The maximum absolute atomic E-state index is 13.3. The number of hydrogen-bond acceptors (Lipinski definition) is 8. The quantitative estimate of drug-likeness (QED) is 0.134. The molecule has 0 radical (unpaired) electrons. The van der Waals surface area contributed by atoms with Gasteiger partial charge in [0, 0.05) is 23.5 Å². The van der Waals surface area contributed by atoms with Gasteiger partial charge in [-0.05, 0) is 48.5 Å². The molecule has 0 aliphatic rings. The van der Waals surface area contributed by atoms with Crippen LogP contribution in [-0.4, -0.2) is 87.9 Å². The number of hydrogen-bond donors (Lipinski definition) is 7. The molecule has 0 spiro atoms. The molecular weight excluding hydrogens is 544 g/mol. The van der Waals surface area contributed by atoms with Gasteiger partial charge in [0.15, 0.2) is 0 Å². The maximum Gasteiger partial charge on any atom is 0.326 e. The van der Waals surface area contributed by atoms with E-state index in [4.69, 9.17) is 11.5 Å². The van der Waals surface area contributed by atoms with Crippen LogP contribution in [0.15, 0.2) is 30.5 Å². The average Bonchev–Trinajstić information content (AvgIpc) is 3.30. The first kappa shape index (κ1) is 32.0. The van der Waals surface area contributed by atoms with Crippen molar-refractivity contribution in [3.8, 4) is 0 Å². The van der Waals surface area contributed by atoms with E-state index in [9.17, 15) is 29.1 Å². The van der Waals surface area contributed by atoms with Gasteiger partial charge in [-0.15, -0.1) is 0 Å². The molecule has 214 valence electrons. The molecule has 4 unspecified atom stereocenters. The summed E-state index contributed by atoms with van der Waals surface area (Å²) in [7, 11) is 0. The number of H-pyrrole nitrogens is 1. The van der Waals surface area contributed by atoms with E-state index in [0.29, 0.717) is 23.5 Å². The minimum absolute atomic E-state index is 0.0148. The third-order valence-corrected chi connectivity index (χ3v) is 7.25. The molecule has 0 saturated carbocycles. The molecule has 2 rings (SSSR count). The first-order chi connectivity index (χ1) is 18.6. The number of rotatable bonds is 17. The lowest BCUT2D eigenvalue weighted by molar-refractivity contribution is -0.142. The van der Waals surface area contributed by atoms with E-state index in [1.54, 1.807) is 6.20 Å². The van der Waals surface area contributed by atoms with E-state index in [1.165, 1.54) is 23.5 Å². The van der Waals surface area contributed by atoms with Gasteiger partial charge in [-0.2, -0.15) is 23.5 Å². The average molecular weight is 581 g/mol. The van der Waals surface area contributed by atoms with Crippen LogP contribution in [-0.2, 0) is 30.4 Å². The summed E-state index contributed by atoms with van der Waals surface area (Å²) >= 11 is 2.94. The molecule has 1 aromatic heterocycles. The van der Waals surface area contributed by atoms with Crippen LogP contribution in [0.1, 0.15) is 24.8 Å². The van der Waals surface area contributed by atoms with Gasteiger partial charge in [0.2, 0.25) is 23.6 Å². The minimum Gasteiger partial charge on any atom is -0.480 e. The highest BCUT2D eigenvalue weighted by Crippen LogP contribution is 2.19. The summed E-state index contributed by atoms with van der Waals surface area (Å²) in [5, 5.41) is 17.9. The van der Waals surface area contributed by atoms with Gasteiger partial charge in [0.1, 0.15) is 18.1 Å². The Morgan fingerprint density at radius 3 is 2.13 bits per heavy atom. The maximum atomic E-state index is 13.3. The van der Waals surface area contributed by atoms with Crippen molar-refractivity contribution in [2.45, 2.75) is 49.9 Å². The van der Waals surface area contributed by atoms with Crippen LogP contribution in [0.5, 0.6) is 0 Å². The molecule has 39 heavy (non-hydrogen) atoms. The van der Waals surface area contributed by atoms with Crippen LogP contribution in [0, 0.1) is 0 Å². The normalized spacial score (nSPS) is 14.1. The van der Waals surface area contributed by atoms with Gasteiger partial charge in [0.25, 0.3) is 0 Å². The largest absolute Gasteiger partial charge is 0.480 e. The summed E-state index contributed by atoms with van der Waals surface area (Å²) in [6, 6.07) is 2.72. The summed E-state index contributed by atoms with van der Waals surface area (Å²) in [6.45, 7) is 0. The summed E-state index contributed by atoms with van der Waals surface area (Å²) in [5.74, 6) is -3.10. The molecule has 12 nitrogen and oxygen atoms in total. The Morgan fingerprint density at radius 2 is 1.49 bits per heavy atom. The third kappa shape index (κ3) is 10.1. The molecule has 0 aliphatic carbocycles. The number of carboxylic acid groups (broad SMARTS) is 1.